The molecule has 2 aliphatic rings. The van der Waals surface area contributed by atoms with Crippen LogP contribution in [0.2, 0.25) is 0 Å². The van der Waals surface area contributed by atoms with Gasteiger partial charge in [0.15, 0.2) is 0 Å². The average molecular weight is 295 g/mol. The quantitative estimate of drug-likeness (QED) is 0.610. The Labute approximate surface area is 120 Å². The van der Waals surface area contributed by atoms with E-state index < -0.39 is 0 Å². The fraction of sp³-hybridized carbons (Fsp3) is 0.385. The van der Waals surface area contributed by atoms with Crippen LogP contribution in [0.3, 0.4) is 0 Å². The van der Waals surface area contributed by atoms with Gasteiger partial charge in [-0.3, -0.25) is 9.69 Å². The molecule has 1 amide bonds. The van der Waals surface area contributed by atoms with Gasteiger partial charge in [-0.25, -0.2) is 0 Å². The molecular formula is C13H13NOS3. The number of carbonyl (C=O) groups excluding carboxylic acids is 1. The standard InChI is InChI=1S/C13H13NOS3/c15-12-11(8-10-6-3-7-17-10)18-13(16)14(12)9-4-1-2-5-9/h3,6-9H,1-2,4-5H2/b11-8-. The van der Waals surface area contributed by atoms with Crippen molar-refractivity contribution >= 4 is 51.6 Å². The summed E-state index contributed by atoms with van der Waals surface area (Å²) in [4.78, 5) is 16.1. The highest BCUT2D eigenvalue weighted by atomic mass is 32.2. The summed E-state index contributed by atoms with van der Waals surface area (Å²) in [5.41, 5.74) is 0. The van der Waals surface area contributed by atoms with E-state index in [4.69, 9.17) is 12.2 Å². The zero-order valence-corrected chi connectivity index (χ0v) is 12.2. The molecule has 2 nitrogen and oxygen atoms in total. The Morgan fingerprint density at radius 2 is 2.17 bits per heavy atom. The SMILES string of the molecule is O=C1/C(=C/c2cccs2)SC(=S)N1C1CCCC1. The van der Waals surface area contributed by atoms with Crippen LogP contribution in [0.5, 0.6) is 0 Å². The number of carbonyl (C=O) groups is 1. The fourth-order valence-electron chi connectivity index (χ4n) is 2.46. The molecule has 5 heteroatoms. The van der Waals surface area contributed by atoms with Crippen LogP contribution in [-0.2, 0) is 4.79 Å². The van der Waals surface area contributed by atoms with Gasteiger partial charge in [0.2, 0.25) is 0 Å². The number of hydrogen-bond donors (Lipinski definition) is 0. The minimum atomic E-state index is 0.102. The molecule has 1 saturated carbocycles. The monoisotopic (exact) mass is 295 g/mol. The van der Waals surface area contributed by atoms with E-state index in [2.05, 4.69) is 0 Å². The first-order valence-electron chi connectivity index (χ1n) is 6.06. The Kier molecular flexibility index (Phi) is 3.54. The molecule has 0 N–H and O–H groups in total. The molecule has 0 aromatic carbocycles. The van der Waals surface area contributed by atoms with Crippen molar-refractivity contribution in [1.29, 1.82) is 0 Å². The minimum absolute atomic E-state index is 0.102. The van der Waals surface area contributed by atoms with Crippen LogP contribution >= 0.6 is 35.3 Å². The molecule has 1 aliphatic heterocycles. The summed E-state index contributed by atoms with van der Waals surface area (Å²) in [5.74, 6) is 0.102. The Hall–Kier alpha value is -0.650. The predicted octanol–water partition coefficient (Wildman–Crippen LogP) is 3.89. The number of rotatable bonds is 2. The summed E-state index contributed by atoms with van der Waals surface area (Å²) in [6.45, 7) is 0. The highest BCUT2D eigenvalue weighted by molar-refractivity contribution is 8.26. The van der Waals surface area contributed by atoms with E-state index in [1.165, 1.54) is 24.6 Å². The van der Waals surface area contributed by atoms with Crippen molar-refractivity contribution in [3.05, 3.63) is 27.3 Å². The van der Waals surface area contributed by atoms with Crippen molar-refractivity contribution in [2.45, 2.75) is 31.7 Å². The van der Waals surface area contributed by atoms with Crippen molar-refractivity contribution in [1.82, 2.24) is 4.90 Å². The first-order valence-corrected chi connectivity index (χ1v) is 8.17. The molecule has 0 spiro atoms. The maximum atomic E-state index is 12.4. The second-order valence-electron chi connectivity index (χ2n) is 4.51. The summed E-state index contributed by atoms with van der Waals surface area (Å²) in [7, 11) is 0. The van der Waals surface area contributed by atoms with E-state index >= 15 is 0 Å². The van der Waals surface area contributed by atoms with Gasteiger partial charge >= 0.3 is 0 Å². The van der Waals surface area contributed by atoms with Gasteiger partial charge in [-0.15, -0.1) is 11.3 Å². The van der Waals surface area contributed by atoms with Crippen LogP contribution in [0.15, 0.2) is 22.4 Å². The first-order chi connectivity index (χ1) is 8.75. The zero-order valence-electron chi connectivity index (χ0n) is 9.80. The van der Waals surface area contributed by atoms with E-state index in [0.717, 1.165) is 26.9 Å². The van der Waals surface area contributed by atoms with Crippen molar-refractivity contribution < 1.29 is 4.79 Å². The van der Waals surface area contributed by atoms with Crippen molar-refractivity contribution in [3.8, 4) is 0 Å². The lowest BCUT2D eigenvalue weighted by Crippen LogP contribution is -2.36. The van der Waals surface area contributed by atoms with Gasteiger partial charge in [0.25, 0.3) is 5.91 Å². The van der Waals surface area contributed by atoms with Crippen molar-refractivity contribution in [2.75, 3.05) is 0 Å². The highest BCUT2D eigenvalue weighted by Crippen LogP contribution is 2.38. The van der Waals surface area contributed by atoms with Crippen LogP contribution in [0.25, 0.3) is 6.08 Å². The third-order valence-corrected chi connectivity index (χ3v) is 5.48. The third kappa shape index (κ3) is 2.27. The molecule has 0 bridgehead atoms. The smallest absolute Gasteiger partial charge is 0.266 e. The Morgan fingerprint density at radius 3 is 2.83 bits per heavy atom. The van der Waals surface area contributed by atoms with Gasteiger partial charge in [0.05, 0.1) is 4.91 Å². The van der Waals surface area contributed by atoms with E-state index in [1.54, 1.807) is 11.3 Å². The van der Waals surface area contributed by atoms with Crippen LogP contribution in [-0.4, -0.2) is 21.2 Å². The number of thiocarbonyl (C=S) groups is 1. The van der Waals surface area contributed by atoms with Crippen LogP contribution in [0.4, 0.5) is 0 Å². The number of thiophene rings is 1. The van der Waals surface area contributed by atoms with Crippen molar-refractivity contribution in [3.63, 3.8) is 0 Å². The first kappa shape index (κ1) is 12.4. The highest BCUT2D eigenvalue weighted by Gasteiger charge is 2.37. The van der Waals surface area contributed by atoms with Crippen molar-refractivity contribution in [2.24, 2.45) is 0 Å². The maximum Gasteiger partial charge on any atom is 0.266 e. The summed E-state index contributed by atoms with van der Waals surface area (Å²) >= 11 is 8.44. The molecule has 0 radical (unpaired) electrons. The average Bonchev–Trinajstić information content (AvgIpc) is 3.03. The predicted molar refractivity (Wildman–Crippen MR) is 81.6 cm³/mol. The molecule has 1 aliphatic carbocycles. The Balaban J connectivity index is 1.84. The number of thioether (sulfide) groups is 1. The van der Waals surface area contributed by atoms with Crippen LogP contribution in [0, 0.1) is 0 Å². The molecule has 18 heavy (non-hydrogen) atoms. The van der Waals surface area contributed by atoms with E-state index in [1.807, 2.05) is 28.5 Å². The number of nitrogens with zero attached hydrogens (tertiary/aromatic N) is 1. The Morgan fingerprint density at radius 1 is 1.39 bits per heavy atom. The van der Waals surface area contributed by atoms with Gasteiger partial charge in [0.1, 0.15) is 4.32 Å². The molecule has 0 atom stereocenters. The van der Waals surface area contributed by atoms with E-state index in [0.29, 0.717) is 6.04 Å². The van der Waals surface area contributed by atoms with Gasteiger partial charge in [-0.05, 0) is 30.4 Å². The lowest BCUT2D eigenvalue weighted by atomic mass is 10.2. The molecule has 1 aromatic rings. The van der Waals surface area contributed by atoms with Crippen LogP contribution < -0.4 is 0 Å². The summed E-state index contributed by atoms with van der Waals surface area (Å²) < 4.78 is 0.731. The summed E-state index contributed by atoms with van der Waals surface area (Å²) in [6.07, 6.45) is 6.58. The number of hydrogen-bond acceptors (Lipinski definition) is 4. The molecule has 1 saturated heterocycles. The molecule has 94 valence electrons. The van der Waals surface area contributed by atoms with Gasteiger partial charge in [-0.1, -0.05) is 42.9 Å². The molecule has 2 fully saturated rings. The Bertz CT molecular complexity index is 500. The van der Waals surface area contributed by atoms with E-state index in [9.17, 15) is 4.79 Å². The van der Waals surface area contributed by atoms with Crippen LogP contribution in [0.1, 0.15) is 30.6 Å². The normalized spacial score (nSPS) is 23.6. The second-order valence-corrected chi connectivity index (χ2v) is 7.16. The number of amides is 1. The molecule has 2 heterocycles. The maximum absolute atomic E-state index is 12.4. The molecule has 0 unspecified atom stereocenters. The van der Waals surface area contributed by atoms with Gasteiger partial charge in [-0.2, -0.15) is 0 Å². The second kappa shape index (κ2) is 5.15. The third-order valence-electron chi connectivity index (χ3n) is 3.33. The fourth-order valence-corrected chi connectivity index (χ4v) is 4.58. The van der Waals surface area contributed by atoms with Gasteiger partial charge < -0.3 is 0 Å². The molecular weight excluding hydrogens is 282 g/mol. The zero-order chi connectivity index (χ0) is 12.5. The molecule has 3 rings (SSSR count). The minimum Gasteiger partial charge on any atom is -0.290 e. The lowest BCUT2D eigenvalue weighted by molar-refractivity contribution is -0.123. The van der Waals surface area contributed by atoms with Gasteiger partial charge in [0, 0.05) is 10.9 Å². The largest absolute Gasteiger partial charge is 0.290 e. The topological polar surface area (TPSA) is 20.3 Å². The molecule has 1 aromatic heterocycles. The van der Waals surface area contributed by atoms with E-state index in [-0.39, 0.29) is 5.91 Å². The lowest BCUT2D eigenvalue weighted by Gasteiger charge is -2.21. The summed E-state index contributed by atoms with van der Waals surface area (Å²) in [5, 5.41) is 2.02. The summed E-state index contributed by atoms with van der Waals surface area (Å²) in [6, 6.07) is 4.35.